The fourth-order valence-electron chi connectivity index (χ4n) is 3.93. The number of nitrogens with one attached hydrogen (secondary N) is 2. The molecule has 0 spiro atoms. The van der Waals surface area contributed by atoms with Gasteiger partial charge < -0.3 is 15.2 Å². The Kier molecular flexibility index (Phi) is 4.88. The number of hydrogen-bond acceptors (Lipinski definition) is 2. The second kappa shape index (κ2) is 7.47. The lowest BCUT2D eigenvalue weighted by Crippen LogP contribution is -2.40. The van der Waals surface area contributed by atoms with Gasteiger partial charge in [-0.1, -0.05) is 32.0 Å². The van der Waals surface area contributed by atoms with Crippen LogP contribution in [-0.4, -0.2) is 38.8 Å². The number of aromatic nitrogens is 3. The number of amides is 2. The maximum atomic E-state index is 12.6. The molecule has 2 aromatic heterocycles. The minimum atomic E-state index is -0.0310. The molecule has 142 valence electrons. The van der Waals surface area contributed by atoms with Crippen molar-refractivity contribution in [1.82, 2.24) is 19.7 Å². The van der Waals surface area contributed by atoms with Gasteiger partial charge >= 0.3 is 6.03 Å². The van der Waals surface area contributed by atoms with Crippen LogP contribution < -0.4 is 5.32 Å². The van der Waals surface area contributed by atoms with Gasteiger partial charge in [0.15, 0.2) is 0 Å². The normalized spacial score (nSPS) is 15.6. The standard InChI is InChI=1S/C21H27N5O/c1-15(2)13-26-14-17(11-23-26)24-21(27)25-9-7-16(8-10-25)19-12-22-20-6-4-3-5-18(19)20/h3-6,11-12,14-16,22H,7-10,13H2,1-2H3,(H,24,27). The van der Waals surface area contributed by atoms with Crippen molar-refractivity contribution in [3.05, 3.63) is 48.4 Å². The summed E-state index contributed by atoms with van der Waals surface area (Å²) in [5.41, 5.74) is 3.33. The molecule has 1 aliphatic heterocycles. The first-order valence-corrected chi connectivity index (χ1v) is 9.74. The first kappa shape index (κ1) is 17.6. The molecule has 6 heteroatoms. The van der Waals surface area contributed by atoms with Crippen molar-refractivity contribution in [2.24, 2.45) is 5.92 Å². The summed E-state index contributed by atoms with van der Waals surface area (Å²) in [4.78, 5) is 17.8. The molecule has 1 saturated heterocycles. The van der Waals surface area contributed by atoms with Gasteiger partial charge in [-0.25, -0.2) is 4.79 Å². The number of benzene rings is 1. The number of likely N-dealkylation sites (tertiary alicyclic amines) is 1. The van der Waals surface area contributed by atoms with E-state index in [1.165, 1.54) is 16.5 Å². The van der Waals surface area contributed by atoms with Crippen LogP contribution in [0.2, 0.25) is 0 Å². The highest BCUT2D eigenvalue weighted by molar-refractivity contribution is 5.89. The Bertz CT molecular complexity index is 917. The van der Waals surface area contributed by atoms with Crippen molar-refractivity contribution in [1.29, 1.82) is 0 Å². The number of aromatic amines is 1. The minimum Gasteiger partial charge on any atom is -0.361 e. The zero-order valence-electron chi connectivity index (χ0n) is 16.0. The van der Waals surface area contributed by atoms with E-state index in [9.17, 15) is 4.79 Å². The molecule has 4 rings (SSSR count). The zero-order chi connectivity index (χ0) is 18.8. The number of piperidine rings is 1. The SMILES string of the molecule is CC(C)Cn1cc(NC(=O)N2CCC(c3c[nH]c4ccccc34)CC2)cn1. The first-order valence-electron chi connectivity index (χ1n) is 9.74. The van der Waals surface area contributed by atoms with Crippen molar-refractivity contribution in [2.75, 3.05) is 18.4 Å². The van der Waals surface area contributed by atoms with E-state index < -0.39 is 0 Å². The topological polar surface area (TPSA) is 66.0 Å². The molecular weight excluding hydrogens is 338 g/mol. The third-order valence-corrected chi connectivity index (χ3v) is 5.28. The molecule has 2 amide bonds. The number of urea groups is 1. The Morgan fingerprint density at radius 2 is 2.07 bits per heavy atom. The summed E-state index contributed by atoms with van der Waals surface area (Å²) in [6.07, 6.45) is 7.73. The second-order valence-corrected chi connectivity index (χ2v) is 7.83. The predicted octanol–water partition coefficient (Wildman–Crippen LogP) is 4.43. The molecule has 2 N–H and O–H groups in total. The van der Waals surface area contributed by atoms with Crippen LogP contribution in [0.1, 0.15) is 38.2 Å². The first-order chi connectivity index (χ1) is 13.1. The van der Waals surface area contributed by atoms with Gasteiger partial charge in [0.05, 0.1) is 11.9 Å². The van der Waals surface area contributed by atoms with Crippen molar-refractivity contribution in [2.45, 2.75) is 39.2 Å². The predicted molar refractivity (Wildman–Crippen MR) is 108 cm³/mol. The van der Waals surface area contributed by atoms with Crippen LogP contribution in [0.15, 0.2) is 42.9 Å². The van der Waals surface area contributed by atoms with E-state index in [4.69, 9.17) is 0 Å². The van der Waals surface area contributed by atoms with Crippen molar-refractivity contribution >= 4 is 22.6 Å². The largest absolute Gasteiger partial charge is 0.361 e. The van der Waals surface area contributed by atoms with Crippen molar-refractivity contribution in [3.8, 4) is 0 Å². The summed E-state index contributed by atoms with van der Waals surface area (Å²) in [5.74, 6) is 1.02. The number of fused-ring (bicyclic) bond motifs is 1. The van der Waals surface area contributed by atoms with Crippen LogP contribution in [0.3, 0.4) is 0 Å². The molecule has 3 aromatic rings. The third kappa shape index (κ3) is 3.84. The molecule has 0 bridgehead atoms. The number of anilines is 1. The summed E-state index contributed by atoms with van der Waals surface area (Å²) >= 11 is 0. The van der Waals surface area contributed by atoms with E-state index in [0.717, 1.165) is 38.2 Å². The molecular formula is C21H27N5O. The van der Waals surface area contributed by atoms with E-state index in [-0.39, 0.29) is 6.03 Å². The highest BCUT2D eigenvalue weighted by Gasteiger charge is 2.25. The van der Waals surface area contributed by atoms with Crippen LogP contribution in [0.25, 0.3) is 10.9 Å². The lowest BCUT2D eigenvalue weighted by Gasteiger charge is -2.31. The van der Waals surface area contributed by atoms with Gasteiger partial charge in [-0.05, 0) is 36.3 Å². The number of carbonyl (C=O) groups excluding carboxylic acids is 1. The highest BCUT2D eigenvalue weighted by Crippen LogP contribution is 2.33. The molecule has 1 fully saturated rings. The molecule has 0 unspecified atom stereocenters. The summed E-state index contributed by atoms with van der Waals surface area (Å²) in [5, 5.41) is 8.59. The lowest BCUT2D eigenvalue weighted by atomic mass is 9.89. The number of hydrogen-bond donors (Lipinski definition) is 2. The Labute approximate surface area is 159 Å². The van der Waals surface area contributed by atoms with E-state index >= 15 is 0 Å². The van der Waals surface area contributed by atoms with Gasteiger partial charge in [-0.15, -0.1) is 0 Å². The van der Waals surface area contributed by atoms with Crippen molar-refractivity contribution < 1.29 is 4.79 Å². The van der Waals surface area contributed by atoms with E-state index in [1.54, 1.807) is 6.20 Å². The van der Waals surface area contributed by atoms with Gasteiger partial charge in [0.1, 0.15) is 0 Å². The monoisotopic (exact) mass is 365 g/mol. The molecule has 0 radical (unpaired) electrons. The number of H-pyrrole nitrogens is 1. The van der Waals surface area contributed by atoms with E-state index in [0.29, 0.717) is 11.8 Å². The molecule has 1 aromatic carbocycles. The lowest BCUT2D eigenvalue weighted by molar-refractivity contribution is 0.195. The Balaban J connectivity index is 1.34. The van der Waals surface area contributed by atoms with Crippen LogP contribution in [0, 0.1) is 5.92 Å². The third-order valence-electron chi connectivity index (χ3n) is 5.28. The van der Waals surface area contributed by atoms with Gasteiger partial charge in [0.25, 0.3) is 0 Å². The Morgan fingerprint density at radius 3 is 2.85 bits per heavy atom. The van der Waals surface area contributed by atoms with E-state index in [1.807, 2.05) is 15.8 Å². The summed E-state index contributed by atoms with van der Waals surface area (Å²) in [7, 11) is 0. The molecule has 6 nitrogen and oxygen atoms in total. The molecule has 27 heavy (non-hydrogen) atoms. The summed E-state index contributed by atoms with van der Waals surface area (Å²) in [6.45, 7) is 6.70. The minimum absolute atomic E-state index is 0.0310. The van der Waals surface area contributed by atoms with Gasteiger partial charge in [-0.2, -0.15) is 5.10 Å². The maximum Gasteiger partial charge on any atom is 0.321 e. The van der Waals surface area contributed by atoms with Crippen LogP contribution in [-0.2, 0) is 6.54 Å². The van der Waals surface area contributed by atoms with Crippen LogP contribution in [0.4, 0.5) is 10.5 Å². The van der Waals surface area contributed by atoms with Gasteiger partial charge in [-0.3, -0.25) is 4.68 Å². The maximum absolute atomic E-state index is 12.6. The quantitative estimate of drug-likeness (QED) is 0.718. The number of nitrogens with zero attached hydrogens (tertiary/aromatic N) is 3. The highest BCUT2D eigenvalue weighted by atomic mass is 16.2. The number of para-hydroxylation sites is 1. The van der Waals surface area contributed by atoms with Crippen LogP contribution >= 0.6 is 0 Å². The number of carbonyl (C=O) groups is 1. The molecule has 0 atom stereocenters. The Hall–Kier alpha value is -2.76. The van der Waals surface area contributed by atoms with Crippen molar-refractivity contribution in [3.63, 3.8) is 0 Å². The fourth-order valence-corrected chi connectivity index (χ4v) is 3.93. The zero-order valence-corrected chi connectivity index (χ0v) is 16.0. The molecule has 3 heterocycles. The summed E-state index contributed by atoms with van der Waals surface area (Å²) < 4.78 is 1.88. The molecule has 0 saturated carbocycles. The van der Waals surface area contributed by atoms with Gasteiger partial charge in [0.2, 0.25) is 0 Å². The molecule has 1 aliphatic rings. The number of rotatable bonds is 4. The summed E-state index contributed by atoms with van der Waals surface area (Å²) in [6, 6.07) is 8.40. The smallest absolute Gasteiger partial charge is 0.321 e. The fraction of sp³-hybridized carbons (Fsp3) is 0.429. The Morgan fingerprint density at radius 1 is 1.30 bits per heavy atom. The van der Waals surface area contributed by atoms with Crippen LogP contribution in [0.5, 0.6) is 0 Å². The van der Waals surface area contributed by atoms with E-state index in [2.05, 4.69) is 59.7 Å². The van der Waals surface area contributed by atoms with Gasteiger partial charge in [0, 0.05) is 42.9 Å². The average molecular weight is 365 g/mol. The molecule has 0 aliphatic carbocycles. The average Bonchev–Trinajstić information content (AvgIpc) is 3.28. The second-order valence-electron chi connectivity index (χ2n) is 7.83.